The van der Waals surface area contributed by atoms with Crippen LogP contribution in [-0.4, -0.2) is 3.92 Å². The minimum atomic E-state index is 0.927. The van der Waals surface area contributed by atoms with E-state index in [9.17, 15) is 0 Å². The third-order valence-corrected chi connectivity index (χ3v) is 4.47. The minimum Gasteiger partial charge on any atom is -0.0842 e. The van der Waals surface area contributed by atoms with Gasteiger partial charge in [0.2, 0.25) is 0 Å². The van der Waals surface area contributed by atoms with Crippen LogP contribution in [0.1, 0.15) is 38.5 Å². The SMILES string of the molecule is IC1CCC(C2=CC=CCC2)CC1. The smallest absolute Gasteiger partial charge is 0.0110 e. The lowest BCUT2D eigenvalue weighted by molar-refractivity contribution is 0.409. The first-order valence-electron chi connectivity index (χ1n) is 5.36. The van der Waals surface area contributed by atoms with Gasteiger partial charge in [-0.1, -0.05) is 46.4 Å². The van der Waals surface area contributed by atoms with Gasteiger partial charge in [-0.05, 0) is 44.4 Å². The van der Waals surface area contributed by atoms with Crippen molar-refractivity contribution >= 4 is 22.6 Å². The zero-order valence-corrected chi connectivity index (χ0v) is 10.2. The Morgan fingerprint density at radius 1 is 1.15 bits per heavy atom. The highest BCUT2D eigenvalue weighted by Gasteiger charge is 2.21. The van der Waals surface area contributed by atoms with Gasteiger partial charge in [-0.2, -0.15) is 0 Å². The summed E-state index contributed by atoms with van der Waals surface area (Å²) in [4.78, 5) is 0. The molecule has 72 valence electrons. The lowest BCUT2D eigenvalue weighted by Crippen LogP contribution is -2.16. The number of alkyl halides is 1. The van der Waals surface area contributed by atoms with Crippen molar-refractivity contribution < 1.29 is 0 Å². The monoisotopic (exact) mass is 288 g/mol. The molecular weight excluding hydrogens is 271 g/mol. The van der Waals surface area contributed by atoms with Gasteiger partial charge in [-0.3, -0.25) is 0 Å². The molecule has 0 nitrogen and oxygen atoms in total. The maximum Gasteiger partial charge on any atom is 0.0110 e. The largest absolute Gasteiger partial charge is 0.0842 e. The average molecular weight is 288 g/mol. The van der Waals surface area contributed by atoms with Crippen LogP contribution < -0.4 is 0 Å². The molecule has 0 radical (unpaired) electrons. The highest BCUT2D eigenvalue weighted by molar-refractivity contribution is 14.1. The Hall–Kier alpha value is 0.210. The molecule has 0 bridgehead atoms. The number of allylic oxidation sites excluding steroid dienone is 4. The molecule has 0 heterocycles. The van der Waals surface area contributed by atoms with E-state index in [1.807, 2.05) is 0 Å². The Bertz CT molecular complexity index is 219. The summed E-state index contributed by atoms with van der Waals surface area (Å²) in [6.07, 6.45) is 15.2. The van der Waals surface area contributed by atoms with Crippen LogP contribution in [0.5, 0.6) is 0 Å². The molecular formula is C12H17I. The number of hydrogen-bond donors (Lipinski definition) is 0. The molecule has 1 heteroatoms. The molecule has 0 aromatic heterocycles. The maximum atomic E-state index is 2.60. The summed E-state index contributed by atoms with van der Waals surface area (Å²) < 4.78 is 0.952. The van der Waals surface area contributed by atoms with Crippen LogP contribution >= 0.6 is 22.6 Å². The first kappa shape index (κ1) is 9.75. The number of hydrogen-bond acceptors (Lipinski definition) is 0. The van der Waals surface area contributed by atoms with Crippen LogP contribution in [0.4, 0.5) is 0 Å². The van der Waals surface area contributed by atoms with Gasteiger partial charge in [0.05, 0.1) is 0 Å². The lowest BCUT2D eigenvalue weighted by atomic mass is 9.81. The first-order chi connectivity index (χ1) is 6.36. The Morgan fingerprint density at radius 3 is 2.54 bits per heavy atom. The van der Waals surface area contributed by atoms with Crippen LogP contribution in [0, 0.1) is 5.92 Å². The average Bonchev–Trinajstić information content (AvgIpc) is 2.20. The van der Waals surface area contributed by atoms with E-state index < -0.39 is 0 Å². The molecule has 0 unspecified atom stereocenters. The van der Waals surface area contributed by atoms with Crippen molar-refractivity contribution in [2.45, 2.75) is 42.4 Å². The van der Waals surface area contributed by atoms with Crippen LogP contribution in [0.15, 0.2) is 23.8 Å². The molecule has 0 saturated heterocycles. The van der Waals surface area contributed by atoms with Crippen LogP contribution in [0.2, 0.25) is 0 Å². The van der Waals surface area contributed by atoms with E-state index >= 15 is 0 Å². The van der Waals surface area contributed by atoms with Gasteiger partial charge < -0.3 is 0 Å². The molecule has 1 saturated carbocycles. The van der Waals surface area contributed by atoms with Crippen molar-refractivity contribution in [1.29, 1.82) is 0 Å². The second kappa shape index (κ2) is 4.63. The van der Waals surface area contributed by atoms with Crippen molar-refractivity contribution in [2.24, 2.45) is 5.92 Å². The molecule has 0 amide bonds. The minimum absolute atomic E-state index is 0.927. The number of halogens is 1. The van der Waals surface area contributed by atoms with Crippen molar-refractivity contribution in [3.05, 3.63) is 23.8 Å². The van der Waals surface area contributed by atoms with Crippen LogP contribution in [0.25, 0.3) is 0 Å². The second-order valence-corrected chi connectivity index (χ2v) is 5.92. The Kier molecular flexibility index (Phi) is 3.47. The highest BCUT2D eigenvalue weighted by Crippen LogP contribution is 2.35. The van der Waals surface area contributed by atoms with E-state index in [0.29, 0.717) is 0 Å². The molecule has 2 aliphatic carbocycles. The standard InChI is InChI=1S/C12H17I/c13-12-8-6-11(7-9-12)10-4-2-1-3-5-10/h1-2,4,11-12H,3,5-9H2. The molecule has 0 spiro atoms. The quantitative estimate of drug-likeness (QED) is 0.499. The molecule has 0 N–H and O–H groups in total. The molecule has 2 rings (SSSR count). The summed E-state index contributed by atoms with van der Waals surface area (Å²) in [6.45, 7) is 0. The lowest BCUT2D eigenvalue weighted by Gasteiger charge is -2.28. The van der Waals surface area contributed by atoms with E-state index in [2.05, 4.69) is 40.8 Å². The Morgan fingerprint density at radius 2 is 1.92 bits per heavy atom. The third kappa shape index (κ3) is 2.58. The fourth-order valence-corrected chi connectivity index (χ4v) is 3.10. The first-order valence-corrected chi connectivity index (χ1v) is 6.60. The summed E-state index contributed by atoms with van der Waals surface area (Å²) in [5.41, 5.74) is 1.73. The van der Waals surface area contributed by atoms with Crippen molar-refractivity contribution in [2.75, 3.05) is 0 Å². The topological polar surface area (TPSA) is 0 Å². The van der Waals surface area contributed by atoms with Crippen molar-refractivity contribution in [3.63, 3.8) is 0 Å². The summed E-state index contributed by atoms with van der Waals surface area (Å²) in [5.74, 6) is 0.927. The molecule has 0 aliphatic heterocycles. The Balaban J connectivity index is 1.93. The van der Waals surface area contributed by atoms with Gasteiger partial charge in [0.25, 0.3) is 0 Å². The van der Waals surface area contributed by atoms with Gasteiger partial charge in [0.1, 0.15) is 0 Å². The number of rotatable bonds is 1. The molecule has 2 aliphatic rings. The predicted octanol–water partition coefficient (Wildman–Crippen LogP) is 4.26. The summed E-state index contributed by atoms with van der Waals surface area (Å²) in [5, 5.41) is 0. The zero-order chi connectivity index (χ0) is 9.10. The summed E-state index contributed by atoms with van der Waals surface area (Å²) in [7, 11) is 0. The van der Waals surface area contributed by atoms with E-state index in [1.165, 1.54) is 38.5 Å². The van der Waals surface area contributed by atoms with Gasteiger partial charge >= 0.3 is 0 Å². The third-order valence-electron chi connectivity index (χ3n) is 3.23. The van der Waals surface area contributed by atoms with Crippen molar-refractivity contribution in [1.82, 2.24) is 0 Å². The van der Waals surface area contributed by atoms with Gasteiger partial charge in [-0.25, -0.2) is 0 Å². The second-order valence-electron chi connectivity index (χ2n) is 4.16. The van der Waals surface area contributed by atoms with E-state index in [1.54, 1.807) is 5.57 Å². The molecule has 0 atom stereocenters. The van der Waals surface area contributed by atoms with Gasteiger partial charge in [0, 0.05) is 3.92 Å². The summed E-state index contributed by atoms with van der Waals surface area (Å²) >= 11 is 2.60. The molecule has 0 aromatic carbocycles. The Labute approximate surface area is 94.6 Å². The molecule has 13 heavy (non-hydrogen) atoms. The van der Waals surface area contributed by atoms with E-state index in [4.69, 9.17) is 0 Å². The van der Waals surface area contributed by atoms with E-state index in [0.717, 1.165) is 9.84 Å². The molecule has 1 fully saturated rings. The van der Waals surface area contributed by atoms with Crippen molar-refractivity contribution in [3.8, 4) is 0 Å². The predicted molar refractivity (Wildman–Crippen MR) is 66.2 cm³/mol. The maximum absolute atomic E-state index is 2.60. The van der Waals surface area contributed by atoms with E-state index in [-0.39, 0.29) is 0 Å². The highest BCUT2D eigenvalue weighted by atomic mass is 127. The molecule has 0 aromatic rings. The fourth-order valence-electron chi connectivity index (χ4n) is 2.38. The van der Waals surface area contributed by atoms with Gasteiger partial charge in [0.15, 0.2) is 0 Å². The fraction of sp³-hybridized carbons (Fsp3) is 0.667. The van der Waals surface area contributed by atoms with Gasteiger partial charge in [-0.15, -0.1) is 0 Å². The zero-order valence-electron chi connectivity index (χ0n) is 8.01. The van der Waals surface area contributed by atoms with Crippen LogP contribution in [-0.2, 0) is 0 Å². The summed E-state index contributed by atoms with van der Waals surface area (Å²) in [6, 6.07) is 0. The normalized spacial score (nSPS) is 34.4. The van der Waals surface area contributed by atoms with Crippen LogP contribution in [0.3, 0.4) is 0 Å².